The van der Waals surface area contributed by atoms with Crippen LogP contribution in [0.4, 0.5) is 5.69 Å². The number of ether oxygens (including phenoxy) is 1. The van der Waals surface area contributed by atoms with Crippen molar-refractivity contribution in [1.82, 2.24) is 0 Å². The van der Waals surface area contributed by atoms with Crippen LogP contribution in [0, 0.1) is 0 Å². The number of hydrogen-bond acceptors (Lipinski definition) is 4. The highest BCUT2D eigenvalue weighted by atomic mass is 35.5. The van der Waals surface area contributed by atoms with Gasteiger partial charge in [0, 0.05) is 19.8 Å². The minimum Gasteiger partial charge on any atom is -0.460 e. The molecule has 0 spiro atoms. The molecule has 0 unspecified atom stereocenters. The SMILES string of the molecule is CCOC(=O)C(=O)c1c(Cl)cccc1N(C)C. The van der Waals surface area contributed by atoms with Gasteiger partial charge in [-0.15, -0.1) is 0 Å². The molecule has 92 valence electrons. The Morgan fingerprint density at radius 3 is 2.53 bits per heavy atom. The summed E-state index contributed by atoms with van der Waals surface area (Å²) in [5.74, 6) is -1.61. The summed E-state index contributed by atoms with van der Waals surface area (Å²) in [5.41, 5.74) is 0.771. The second kappa shape index (κ2) is 5.68. The van der Waals surface area contributed by atoms with Crippen LogP contribution < -0.4 is 4.90 Å². The van der Waals surface area contributed by atoms with Crippen molar-refractivity contribution in [2.24, 2.45) is 0 Å². The third kappa shape index (κ3) is 2.97. The number of carbonyl (C=O) groups is 2. The monoisotopic (exact) mass is 255 g/mol. The zero-order valence-electron chi connectivity index (χ0n) is 9.99. The lowest BCUT2D eigenvalue weighted by molar-refractivity contribution is -0.137. The third-order valence-corrected chi connectivity index (χ3v) is 2.48. The van der Waals surface area contributed by atoms with Crippen LogP contribution >= 0.6 is 11.6 Å². The molecule has 0 amide bonds. The van der Waals surface area contributed by atoms with E-state index >= 15 is 0 Å². The Morgan fingerprint density at radius 1 is 1.35 bits per heavy atom. The van der Waals surface area contributed by atoms with E-state index in [2.05, 4.69) is 4.74 Å². The van der Waals surface area contributed by atoms with Crippen LogP contribution in [-0.4, -0.2) is 32.5 Å². The average molecular weight is 256 g/mol. The van der Waals surface area contributed by atoms with Gasteiger partial charge in [-0.1, -0.05) is 17.7 Å². The molecule has 0 saturated carbocycles. The molecule has 0 aliphatic rings. The Balaban J connectivity index is 3.20. The lowest BCUT2D eigenvalue weighted by Gasteiger charge is -2.17. The first-order chi connectivity index (χ1) is 7.99. The maximum absolute atomic E-state index is 11.9. The summed E-state index contributed by atoms with van der Waals surface area (Å²) in [6.07, 6.45) is 0. The van der Waals surface area contributed by atoms with Crippen molar-refractivity contribution in [2.75, 3.05) is 25.6 Å². The van der Waals surface area contributed by atoms with Crippen LogP contribution in [0.1, 0.15) is 17.3 Å². The topological polar surface area (TPSA) is 46.6 Å². The van der Waals surface area contributed by atoms with Crippen LogP contribution in [0.2, 0.25) is 5.02 Å². The second-order valence-electron chi connectivity index (χ2n) is 3.58. The zero-order valence-corrected chi connectivity index (χ0v) is 10.7. The molecular formula is C12H14ClNO3. The van der Waals surface area contributed by atoms with Crippen molar-refractivity contribution in [1.29, 1.82) is 0 Å². The quantitative estimate of drug-likeness (QED) is 0.470. The molecule has 0 atom stereocenters. The van der Waals surface area contributed by atoms with Crippen molar-refractivity contribution in [3.05, 3.63) is 28.8 Å². The predicted molar refractivity (Wildman–Crippen MR) is 66.7 cm³/mol. The third-order valence-electron chi connectivity index (χ3n) is 2.16. The lowest BCUT2D eigenvalue weighted by atomic mass is 10.1. The van der Waals surface area contributed by atoms with Crippen LogP contribution in [0.3, 0.4) is 0 Å². The van der Waals surface area contributed by atoms with E-state index in [1.807, 2.05) is 0 Å². The summed E-state index contributed by atoms with van der Waals surface area (Å²) in [6.45, 7) is 1.80. The van der Waals surface area contributed by atoms with E-state index in [9.17, 15) is 9.59 Å². The lowest BCUT2D eigenvalue weighted by Crippen LogP contribution is -2.21. The molecule has 0 fully saturated rings. The summed E-state index contributed by atoms with van der Waals surface area (Å²) < 4.78 is 4.68. The first-order valence-corrected chi connectivity index (χ1v) is 5.54. The van der Waals surface area contributed by atoms with Crippen LogP contribution in [0.15, 0.2) is 18.2 Å². The van der Waals surface area contributed by atoms with Crippen molar-refractivity contribution < 1.29 is 14.3 Å². The minimum absolute atomic E-state index is 0.159. The molecule has 0 bridgehead atoms. The maximum atomic E-state index is 11.9. The van der Waals surface area contributed by atoms with E-state index in [1.165, 1.54) is 0 Å². The van der Waals surface area contributed by atoms with E-state index in [-0.39, 0.29) is 17.2 Å². The van der Waals surface area contributed by atoms with Gasteiger partial charge in [-0.2, -0.15) is 0 Å². The van der Waals surface area contributed by atoms with E-state index in [4.69, 9.17) is 11.6 Å². The van der Waals surface area contributed by atoms with Gasteiger partial charge in [0.25, 0.3) is 5.78 Å². The van der Waals surface area contributed by atoms with Gasteiger partial charge in [0.05, 0.1) is 17.2 Å². The molecule has 5 heteroatoms. The summed E-state index contributed by atoms with van der Waals surface area (Å²) in [5, 5.41) is 0.245. The van der Waals surface area contributed by atoms with Gasteiger partial charge < -0.3 is 9.64 Å². The minimum atomic E-state index is -0.885. The Bertz CT molecular complexity index is 443. The van der Waals surface area contributed by atoms with E-state index < -0.39 is 11.8 Å². The number of nitrogens with zero attached hydrogens (tertiary/aromatic N) is 1. The van der Waals surface area contributed by atoms with Gasteiger partial charge in [-0.3, -0.25) is 4.79 Å². The van der Waals surface area contributed by atoms with Gasteiger partial charge in [0.1, 0.15) is 0 Å². The Hall–Kier alpha value is -1.55. The first-order valence-electron chi connectivity index (χ1n) is 5.16. The molecule has 0 saturated heterocycles. The Morgan fingerprint density at radius 2 is 2.00 bits per heavy atom. The molecule has 1 rings (SSSR count). The highest BCUT2D eigenvalue weighted by molar-refractivity contribution is 6.46. The molecule has 0 aromatic heterocycles. The number of ketones is 1. The zero-order chi connectivity index (χ0) is 13.0. The standard InChI is InChI=1S/C12H14ClNO3/c1-4-17-12(16)11(15)10-8(13)6-5-7-9(10)14(2)3/h5-7H,4H2,1-3H3. The molecule has 1 aromatic rings. The largest absolute Gasteiger partial charge is 0.460 e. The summed E-state index contributed by atoms with van der Waals surface area (Å²) in [7, 11) is 3.54. The fourth-order valence-electron chi connectivity index (χ4n) is 1.41. The van der Waals surface area contributed by atoms with E-state index in [0.717, 1.165) is 0 Å². The van der Waals surface area contributed by atoms with Gasteiger partial charge in [-0.05, 0) is 19.1 Å². The Kier molecular flexibility index (Phi) is 4.52. The number of benzene rings is 1. The number of Topliss-reactive ketones (excluding diaryl/α,β-unsaturated/α-hetero) is 1. The number of anilines is 1. The van der Waals surface area contributed by atoms with Crippen LogP contribution in [0.25, 0.3) is 0 Å². The molecule has 0 N–H and O–H groups in total. The molecule has 0 aliphatic heterocycles. The Labute approximate surface area is 105 Å². The summed E-state index contributed by atoms with van der Waals surface area (Å²) in [6, 6.07) is 5.01. The fourth-order valence-corrected chi connectivity index (χ4v) is 1.66. The molecule has 17 heavy (non-hydrogen) atoms. The van der Waals surface area contributed by atoms with Gasteiger partial charge in [0.15, 0.2) is 0 Å². The molecule has 0 aliphatic carbocycles. The number of carbonyl (C=O) groups excluding carboxylic acids is 2. The number of esters is 1. The maximum Gasteiger partial charge on any atom is 0.379 e. The van der Waals surface area contributed by atoms with Crippen LogP contribution in [0.5, 0.6) is 0 Å². The summed E-state index contributed by atoms with van der Waals surface area (Å²) >= 11 is 5.96. The molecule has 0 heterocycles. The van der Waals surface area contributed by atoms with Gasteiger partial charge in [-0.25, -0.2) is 4.79 Å². The van der Waals surface area contributed by atoms with E-state index in [1.54, 1.807) is 44.1 Å². The highest BCUT2D eigenvalue weighted by Crippen LogP contribution is 2.27. The second-order valence-corrected chi connectivity index (χ2v) is 3.99. The number of rotatable bonds is 4. The molecule has 4 nitrogen and oxygen atoms in total. The van der Waals surface area contributed by atoms with E-state index in [0.29, 0.717) is 5.69 Å². The number of hydrogen-bond donors (Lipinski definition) is 0. The van der Waals surface area contributed by atoms with Crippen molar-refractivity contribution in [3.63, 3.8) is 0 Å². The smallest absolute Gasteiger partial charge is 0.379 e. The average Bonchev–Trinajstić information content (AvgIpc) is 2.28. The van der Waals surface area contributed by atoms with Crippen LogP contribution in [-0.2, 0) is 9.53 Å². The van der Waals surface area contributed by atoms with Crippen molar-refractivity contribution >= 4 is 29.0 Å². The molecular weight excluding hydrogens is 242 g/mol. The highest BCUT2D eigenvalue weighted by Gasteiger charge is 2.24. The first kappa shape index (κ1) is 13.5. The predicted octanol–water partition coefficient (Wildman–Crippen LogP) is 2.15. The van der Waals surface area contributed by atoms with Gasteiger partial charge >= 0.3 is 5.97 Å². The normalized spacial score (nSPS) is 9.88. The van der Waals surface area contributed by atoms with Gasteiger partial charge in [0.2, 0.25) is 0 Å². The molecule has 0 radical (unpaired) electrons. The van der Waals surface area contributed by atoms with Crippen molar-refractivity contribution in [3.8, 4) is 0 Å². The fraction of sp³-hybridized carbons (Fsp3) is 0.333. The van der Waals surface area contributed by atoms with Crippen molar-refractivity contribution in [2.45, 2.75) is 6.92 Å². The number of halogens is 1. The molecule has 1 aromatic carbocycles. The summed E-state index contributed by atoms with van der Waals surface area (Å²) in [4.78, 5) is 25.0.